The molecule has 0 radical (unpaired) electrons. The normalized spacial score (nSPS) is 12.1. The summed E-state index contributed by atoms with van der Waals surface area (Å²) in [6.07, 6.45) is 3.61. The number of nitrogens with one attached hydrogen (secondary N) is 1. The van der Waals surface area contributed by atoms with E-state index in [1.807, 2.05) is 36.4 Å². The van der Waals surface area contributed by atoms with Gasteiger partial charge in [0, 0.05) is 18.2 Å². The van der Waals surface area contributed by atoms with E-state index in [1.54, 1.807) is 6.26 Å². The van der Waals surface area contributed by atoms with E-state index in [2.05, 4.69) is 19.2 Å². The van der Waals surface area contributed by atoms with Crippen molar-refractivity contribution in [2.24, 2.45) is 0 Å². The lowest BCUT2D eigenvalue weighted by Gasteiger charge is -2.14. The molecule has 19 heavy (non-hydrogen) atoms. The smallest absolute Gasteiger partial charge is 0.119 e. The summed E-state index contributed by atoms with van der Waals surface area (Å²) in [7, 11) is 0. The molecule has 2 rings (SSSR count). The van der Waals surface area contributed by atoms with E-state index in [0.717, 1.165) is 36.6 Å². The average molecular weight is 259 g/mol. The lowest BCUT2D eigenvalue weighted by molar-refractivity contribution is 0.317. The Kier molecular flexibility index (Phi) is 4.90. The van der Waals surface area contributed by atoms with E-state index < -0.39 is 0 Å². The highest BCUT2D eigenvalue weighted by molar-refractivity contribution is 5.47. The minimum atomic E-state index is 0.327. The van der Waals surface area contributed by atoms with Crippen molar-refractivity contribution in [3.05, 3.63) is 48.4 Å². The van der Waals surface area contributed by atoms with Crippen LogP contribution in [0.5, 0.6) is 5.75 Å². The highest BCUT2D eigenvalue weighted by Gasteiger charge is 2.05. The van der Waals surface area contributed by atoms with Gasteiger partial charge < -0.3 is 14.5 Å². The Bertz CT molecular complexity index is 462. The first kappa shape index (κ1) is 13.5. The van der Waals surface area contributed by atoms with Gasteiger partial charge in [-0.25, -0.2) is 0 Å². The van der Waals surface area contributed by atoms with Crippen molar-refractivity contribution in [3.63, 3.8) is 0 Å². The Hall–Kier alpha value is -1.90. The second-order valence-corrected chi connectivity index (χ2v) is 4.70. The second kappa shape index (κ2) is 6.88. The first-order valence-corrected chi connectivity index (χ1v) is 6.79. The maximum atomic E-state index is 5.56. The first-order chi connectivity index (χ1) is 9.28. The van der Waals surface area contributed by atoms with Crippen molar-refractivity contribution >= 4 is 5.69 Å². The van der Waals surface area contributed by atoms with Gasteiger partial charge in [0.25, 0.3) is 0 Å². The van der Waals surface area contributed by atoms with Gasteiger partial charge in [0.15, 0.2) is 0 Å². The molecule has 0 aliphatic carbocycles. The predicted molar refractivity (Wildman–Crippen MR) is 77.7 cm³/mol. The number of ether oxygens (including phenoxy) is 1. The molecular formula is C16H21NO2. The van der Waals surface area contributed by atoms with Gasteiger partial charge in [-0.3, -0.25) is 0 Å². The minimum Gasteiger partial charge on any atom is -0.494 e. The fraction of sp³-hybridized carbons (Fsp3) is 0.375. The Morgan fingerprint density at radius 1 is 1.21 bits per heavy atom. The third-order valence-electron chi connectivity index (χ3n) is 2.83. The second-order valence-electron chi connectivity index (χ2n) is 4.70. The van der Waals surface area contributed by atoms with E-state index in [9.17, 15) is 0 Å². The summed E-state index contributed by atoms with van der Waals surface area (Å²) in [5.41, 5.74) is 1.10. The molecular weight excluding hydrogens is 238 g/mol. The maximum Gasteiger partial charge on any atom is 0.119 e. The lowest BCUT2D eigenvalue weighted by Crippen LogP contribution is -2.17. The van der Waals surface area contributed by atoms with Gasteiger partial charge in [0.05, 0.1) is 12.9 Å². The lowest BCUT2D eigenvalue weighted by atomic mass is 10.2. The molecule has 0 amide bonds. The third-order valence-corrected chi connectivity index (χ3v) is 2.83. The van der Waals surface area contributed by atoms with Crippen LogP contribution in [0, 0.1) is 0 Å². The molecule has 0 aliphatic rings. The SMILES string of the molecule is CCCOc1ccc(NC(C)Cc2ccco2)cc1. The fourth-order valence-electron chi connectivity index (χ4n) is 1.93. The minimum absolute atomic E-state index is 0.327. The summed E-state index contributed by atoms with van der Waals surface area (Å²) in [5.74, 6) is 1.92. The summed E-state index contributed by atoms with van der Waals surface area (Å²) in [6.45, 7) is 5.01. The summed E-state index contributed by atoms with van der Waals surface area (Å²) in [4.78, 5) is 0. The zero-order chi connectivity index (χ0) is 13.5. The van der Waals surface area contributed by atoms with Gasteiger partial charge in [0.1, 0.15) is 11.5 Å². The molecule has 0 fully saturated rings. The van der Waals surface area contributed by atoms with Crippen LogP contribution in [0.4, 0.5) is 5.69 Å². The van der Waals surface area contributed by atoms with E-state index in [0.29, 0.717) is 6.04 Å². The molecule has 0 spiro atoms. The molecule has 1 N–H and O–H groups in total. The molecule has 0 saturated heterocycles. The molecule has 3 nitrogen and oxygen atoms in total. The molecule has 3 heteroatoms. The number of hydrogen-bond donors (Lipinski definition) is 1. The highest BCUT2D eigenvalue weighted by Crippen LogP contribution is 2.17. The molecule has 1 heterocycles. The van der Waals surface area contributed by atoms with Crippen LogP contribution in [0.15, 0.2) is 47.1 Å². The van der Waals surface area contributed by atoms with Crippen LogP contribution in [0.3, 0.4) is 0 Å². The van der Waals surface area contributed by atoms with Crippen molar-refractivity contribution in [2.75, 3.05) is 11.9 Å². The molecule has 102 valence electrons. The van der Waals surface area contributed by atoms with Crippen LogP contribution in [0.25, 0.3) is 0 Å². The van der Waals surface area contributed by atoms with E-state index in [-0.39, 0.29) is 0 Å². The summed E-state index contributed by atoms with van der Waals surface area (Å²) in [6, 6.07) is 12.3. The van der Waals surface area contributed by atoms with Gasteiger partial charge >= 0.3 is 0 Å². The Morgan fingerprint density at radius 2 is 2.00 bits per heavy atom. The number of rotatable bonds is 7. The van der Waals surface area contributed by atoms with Crippen molar-refractivity contribution in [1.29, 1.82) is 0 Å². The number of anilines is 1. The molecule has 1 aromatic heterocycles. The topological polar surface area (TPSA) is 34.4 Å². The number of hydrogen-bond acceptors (Lipinski definition) is 3. The van der Waals surface area contributed by atoms with Gasteiger partial charge in [-0.05, 0) is 49.7 Å². The van der Waals surface area contributed by atoms with Crippen LogP contribution >= 0.6 is 0 Å². The Morgan fingerprint density at radius 3 is 2.63 bits per heavy atom. The molecule has 2 aromatic rings. The van der Waals surface area contributed by atoms with Gasteiger partial charge in [-0.1, -0.05) is 6.92 Å². The largest absolute Gasteiger partial charge is 0.494 e. The Balaban J connectivity index is 1.84. The zero-order valence-electron chi connectivity index (χ0n) is 11.6. The van der Waals surface area contributed by atoms with Crippen LogP contribution in [-0.2, 0) is 6.42 Å². The fourth-order valence-corrected chi connectivity index (χ4v) is 1.93. The zero-order valence-corrected chi connectivity index (χ0v) is 11.6. The van der Waals surface area contributed by atoms with Gasteiger partial charge in [-0.2, -0.15) is 0 Å². The van der Waals surface area contributed by atoms with Crippen molar-refractivity contribution in [1.82, 2.24) is 0 Å². The molecule has 0 saturated carbocycles. The maximum absolute atomic E-state index is 5.56. The standard InChI is InChI=1S/C16H21NO2/c1-3-10-18-15-8-6-14(7-9-15)17-13(2)12-16-5-4-11-19-16/h4-9,11,13,17H,3,10,12H2,1-2H3. The summed E-state index contributed by atoms with van der Waals surface area (Å²) >= 11 is 0. The van der Waals surface area contributed by atoms with Crippen LogP contribution in [0.2, 0.25) is 0 Å². The summed E-state index contributed by atoms with van der Waals surface area (Å²) in [5, 5.41) is 3.45. The monoisotopic (exact) mass is 259 g/mol. The molecule has 1 aromatic carbocycles. The third kappa shape index (κ3) is 4.36. The molecule has 0 aliphatic heterocycles. The van der Waals surface area contributed by atoms with Crippen molar-refractivity contribution in [3.8, 4) is 5.75 Å². The van der Waals surface area contributed by atoms with E-state index >= 15 is 0 Å². The van der Waals surface area contributed by atoms with Gasteiger partial charge in [0.2, 0.25) is 0 Å². The number of benzene rings is 1. The molecule has 1 atom stereocenters. The Labute approximate surface area is 114 Å². The molecule has 1 unspecified atom stereocenters. The average Bonchev–Trinajstić information content (AvgIpc) is 2.90. The van der Waals surface area contributed by atoms with Crippen molar-refractivity contribution in [2.45, 2.75) is 32.7 Å². The first-order valence-electron chi connectivity index (χ1n) is 6.79. The predicted octanol–water partition coefficient (Wildman–Crippen LogP) is 4.11. The van der Waals surface area contributed by atoms with E-state index in [1.165, 1.54) is 0 Å². The quantitative estimate of drug-likeness (QED) is 0.812. The van der Waals surface area contributed by atoms with E-state index in [4.69, 9.17) is 9.15 Å². The summed E-state index contributed by atoms with van der Waals surface area (Å²) < 4.78 is 10.9. The molecule has 0 bridgehead atoms. The number of furan rings is 1. The van der Waals surface area contributed by atoms with Gasteiger partial charge in [-0.15, -0.1) is 0 Å². The van der Waals surface area contributed by atoms with Crippen molar-refractivity contribution < 1.29 is 9.15 Å². The van der Waals surface area contributed by atoms with Crippen LogP contribution in [-0.4, -0.2) is 12.6 Å². The highest BCUT2D eigenvalue weighted by atomic mass is 16.5. The van der Waals surface area contributed by atoms with Crippen LogP contribution < -0.4 is 10.1 Å². The van der Waals surface area contributed by atoms with Crippen LogP contribution in [0.1, 0.15) is 26.0 Å².